The van der Waals surface area contributed by atoms with E-state index in [2.05, 4.69) is 20.5 Å². The molecule has 0 aromatic carbocycles. The third-order valence-electron chi connectivity index (χ3n) is 3.07. The highest BCUT2D eigenvalue weighted by molar-refractivity contribution is 7.18. The molecule has 0 atom stereocenters. The maximum Gasteiger partial charge on any atom is 0.258 e. The predicted octanol–water partition coefficient (Wildman–Crippen LogP) is 1.81. The Morgan fingerprint density at radius 1 is 1.44 bits per heavy atom. The van der Waals surface area contributed by atoms with Crippen molar-refractivity contribution in [1.29, 1.82) is 0 Å². The minimum absolute atomic E-state index is 0.0603. The van der Waals surface area contributed by atoms with Crippen LogP contribution in [0.25, 0.3) is 10.6 Å². The molecule has 0 bridgehead atoms. The molecule has 1 aliphatic carbocycles. The molecule has 1 aliphatic rings. The van der Waals surface area contributed by atoms with Crippen molar-refractivity contribution in [3.05, 3.63) is 27.7 Å². The molecule has 2 N–H and O–H groups in total. The summed E-state index contributed by atoms with van der Waals surface area (Å²) in [5.74, 6) is 0. The van der Waals surface area contributed by atoms with E-state index in [4.69, 9.17) is 0 Å². The Morgan fingerprint density at radius 3 is 3.17 bits per heavy atom. The first-order valence-corrected chi connectivity index (χ1v) is 6.92. The van der Waals surface area contributed by atoms with Crippen LogP contribution in [0, 0.1) is 0 Å². The number of H-pyrrole nitrogens is 1. The lowest BCUT2D eigenvalue weighted by Gasteiger charge is -2.00. The molecule has 94 valence electrons. The van der Waals surface area contributed by atoms with E-state index >= 15 is 0 Å². The number of rotatable bonds is 3. The van der Waals surface area contributed by atoms with E-state index in [9.17, 15) is 4.79 Å². The molecular formula is C12H14N4OS. The van der Waals surface area contributed by atoms with Crippen molar-refractivity contribution in [2.75, 3.05) is 11.9 Å². The second kappa shape index (κ2) is 4.53. The van der Waals surface area contributed by atoms with Gasteiger partial charge in [0.2, 0.25) is 5.13 Å². The van der Waals surface area contributed by atoms with Crippen molar-refractivity contribution in [3.63, 3.8) is 0 Å². The van der Waals surface area contributed by atoms with Crippen LogP contribution in [0.3, 0.4) is 0 Å². The number of anilines is 1. The molecular weight excluding hydrogens is 248 g/mol. The van der Waals surface area contributed by atoms with Crippen LogP contribution in [-0.2, 0) is 12.8 Å². The van der Waals surface area contributed by atoms with Gasteiger partial charge >= 0.3 is 0 Å². The molecule has 0 saturated heterocycles. The number of aromatic nitrogens is 3. The lowest BCUT2D eigenvalue weighted by Crippen LogP contribution is -2.11. The summed E-state index contributed by atoms with van der Waals surface area (Å²) >= 11 is 1.42. The van der Waals surface area contributed by atoms with Crippen LogP contribution in [0.4, 0.5) is 5.13 Å². The van der Waals surface area contributed by atoms with Crippen LogP contribution >= 0.6 is 11.3 Å². The van der Waals surface area contributed by atoms with Crippen molar-refractivity contribution in [2.45, 2.75) is 26.2 Å². The normalized spacial score (nSPS) is 13.6. The van der Waals surface area contributed by atoms with Gasteiger partial charge in [-0.2, -0.15) is 0 Å². The van der Waals surface area contributed by atoms with Crippen molar-refractivity contribution >= 4 is 16.5 Å². The SMILES string of the molecule is CCNc1nnc(-c2cc3c([nH]c2=O)CCC3)s1. The molecule has 0 unspecified atom stereocenters. The second-order valence-corrected chi connectivity index (χ2v) is 5.29. The zero-order chi connectivity index (χ0) is 12.5. The molecule has 0 amide bonds. The van der Waals surface area contributed by atoms with Crippen LogP contribution in [-0.4, -0.2) is 21.7 Å². The molecule has 6 heteroatoms. The van der Waals surface area contributed by atoms with Crippen molar-refractivity contribution in [1.82, 2.24) is 15.2 Å². The summed E-state index contributed by atoms with van der Waals surface area (Å²) in [6, 6.07) is 1.97. The number of pyridine rings is 1. The van der Waals surface area contributed by atoms with E-state index in [0.717, 1.165) is 36.6 Å². The van der Waals surface area contributed by atoms with Crippen LogP contribution in [0.15, 0.2) is 10.9 Å². The second-order valence-electron chi connectivity index (χ2n) is 4.31. The Balaban J connectivity index is 2.03. The molecule has 18 heavy (non-hydrogen) atoms. The van der Waals surface area contributed by atoms with Crippen LogP contribution < -0.4 is 10.9 Å². The van der Waals surface area contributed by atoms with Gasteiger partial charge in [-0.05, 0) is 37.8 Å². The fraction of sp³-hybridized carbons (Fsp3) is 0.417. The van der Waals surface area contributed by atoms with Gasteiger partial charge < -0.3 is 10.3 Å². The third kappa shape index (κ3) is 1.92. The number of aryl methyl sites for hydroxylation is 2. The highest BCUT2D eigenvalue weighted by atomic mass is 32.1. The summed E-state index contributed by atoms with van der Waals surface area (Å²) in [6.07, 6.45) is 3.13. The van der Waals surface area contributed by atoms with Gasteiger partial charge in [0.15, 0.2) is 5.01 Å². The number of nitrogens with one attached hydrogen (secondary N) is 2. The van der Waals surface area contributed by atoms with Gasteiger partial charge in [0.25, 0.3) is 5.56 Å². The molecule has 0 spiro atoms. The highest BCUT2D eigenvalue weighted by Gasteiger charge is 2.17. The van der Waals surface area contributed by atoms with E-state index < -0.39 is 0 Å². The number of fused-ring (bicyclic) bond motifs is 1. The fourth-order valence-corrected chi connectivity index (χ4v) is 3.05. The maximum absolute atomic E-state index is 12.0. The largest absolute Gasteiger partial charge is 0.360 e. The zero-order valence-electron chi connectivity index (χ0n) is 10.1. The first kappa shape index (κ1) is 11.4. The van der Waals surface area contributed by atoms with E-state index in [0.29, 0.717) is 10.6 Å². The van der Waals surface area contributed by atoms with Crippen LogP contribution in [0.2, 0.25) is 0 Å². The van der Waals surface area contributed by atoms with Gasteiger partial charge in [0, 0.05) is 12.2 Å². The molecule has 3 rings (SSSR count). The summed E-state index contributed by atoms with van der Waals surface area (Å²) in [6.45, 7) is 2.80. The number of hydrogen-bond donors (Lipinski definition) is 2. The summed E-state index contributed by atoms with van der Waals surface area (Å²) in [4.78, 5) is 15.0. The van der Waals surface area contributed by atoms with Crippen molar-refractivity contribution < 1.29 is 0 Å². The molecule has 0 aliphatic heterocycles. The Morgan fingerprint density at radius 2 is 2.33 bits per heavy atom. The minimum atomic E-state index is -0.0603. The summed E-state index contributed by atoms with van der Waals surface area (Å²) in [5.41, 5.74) is 2.90. The number of hydrogen-bond acceptors (Lipinski definition) is 5. The molecule has 2 heterocycles. The Kier molecular flexibility index (Phi) is 2.87. The molecule has 0 radical (unpaired) electrons. The van der Waals surface area contributed by atoms with Gasteiger partial charge in [-0.1, -0.05) is 11.3 Å². The molecule has 2 aromatic heterocycles. The minimum Gasteiger partial charge on any atom is -0.360 e. The smallest absolute Gasteiger partial charge is 0.258 e. The molecule has 0 fully saturated rings. The fourth-order valence-electron chi connectivity index (χ4n) is 2.23. The van der Waals surface area contributed by atoms with Gasteiger partial charge in [-0.3, -0.25) is 4.79 Å². The summed E-state index contributed by atoms with van der Waals surface area (Å²) in [7, 11) is 0. The Labute approximate surface area is 108 Å². The van der Waals surface area contributed by atoms with E-state index in [-0.39, 0.29) is 5.56 Å². The quantitative estimate of drug-likeness (QED) is 0.885. The van der Waals surface area contributed by atoms with E-state index in [1.54, 1.807) is 0 Å². The average Bonchev–Trinajstić information content (AvgIpc) is 2.96. The van der Waals surface area contributed by atoms with E-state index in [1.165, 1.54) is 16.9 Å². The van der Waals surface area contributed by atoms with Gasteiger partial charge in [0.05, 0.1) is 5.56 Å². The lowest BCUT2D eigenvalue weighted by molar-refractivity contribution is 0.897. The van der Waals surface area contributed by atoms with E-state index in [1.807, 2.05) is 13.0 Å². The molecule has 0 saturated carbocycles. The van der Waals surface area contributed by atoms with Crippen LogP contribution in [0.1, 0.15) is 24.6 Å². The Bertz CT molecular complexity index is 631. The first-order chi connectivity index (χ1) is 8.78. The first-order valence-electron chi connectivity index (χ1n) is 6.10. The van der Waals surface area contributed by atoms with Crippen LogP contribution in [0.5, 0.6) is 0 Å². The number of nitrogens with zero attached hydrogens (tertiary/aromatic N) is 2. The Hall–Kier alpha value is -1.69. The van der Waals surface area contributed by atoms with Crippen molar-refractivity contribution in [3.8, 4) is 10.6 Å². The standard InChI is InChI=1S/C12H14N4OS/c1-2-13-12-16-15-11(18-12)8-6-7-4-3-5-9(7)14-10(8)17/h6H,2-5H2,1H3,(H,13,16)(H,14,17). The summed E-state index contributed by atoms with van der Waals surface area (Å²) in [5, 5.41) is 12.6. The zero-order valence-corrected chi connectivity index (χ0v) is 10.9. The molecule has 5 nitrogen and oxygen atoms in total. The monoisotopic (exact) mass is 262 g/mol. The third-order valence-corrected chi connectivity index (χ3v) is 3.99. The topological polar surface area (TPSA) is 70.7 Å². The predicted molar refractivity (Wildman–Crippen MR) is 72.2 cm³/mol. The van der Waals surface area contributed by atoms with Crippen molar-refractivity contribution in [2.24, 2.45) is 0 Å². The maximum atomic E-state index is 12.0. The van der Waals surface area contributed by atoms with Gasteiger partial charge in [-0.25, -0.2) is 0 Å². The highest BCUT2D eigenvalue weighted by Crippen LogP contribution is 2.27. The lowest BCUT2D eigenvalue weighted by atomic mass is 10.1. The summed E-state index contributed by atoms with van der Waals surface area (Å²) < 4.78 is 0. The van der Waals surface area contributed by atoms with Gasteiger partial charge in [0.1, 0.15) is 0 Å². The number of aromatic amines is 1. The van der Waals surface area contributed by atoms with Gasteiger partial charge in [-0.15, -0.1) is 10.2 Å². The average molecular weight is 262 g/mol. The molecule has 2 aromatic rings.